The second-order valence-corrected chi connectivity index (χ2v) is 5.46. The zero-order valence-electron chi connectivity index (χ0n) is 8.40. The van der Waals surface area contributed by atoms with Crippen LogP contribution in [-0.4, -0.2) is 16.8 Å². The third kappa shape index (κ3) is 2.70. The predicted molar refractivity (Wildman–Crippen MR) is 69.7 cm³/mol. The molecule has 1 saturated carbocycles. The van der Waals surface area contributed by atoms with E-state index in [2.05, 4.69) is 21.2 Å². The summed E-state index contributed by atoms with van der Waals surface area (Å²) in [5.74, 6) is -0.124. The molecular weight excluding hydrogens is 313 g/mol. The molecule has 0 radical (unpaired) electrons. The Bertz CT molecular complexity index is 412. The van der Waals surface area contributed by atoms with E-state index in [1.54, 1.807) is 18.2 Å². The summed E-state index contributed by atoms with van der Waals surface area (Å²) in [6.45, 7) is 0. The molecule has 1 aliphatic rings. The van der Waals surface area contributed by atoms with Gasteiger partial charge in [-0.2, -0.15) is 0 Å². The molecule has 1 aliphatic carbocycles. The van der Waals surface area contributed by atoms with E-state index in [0.717, 1.165) is 18.2 Å². The van der Waals surface area contributed by atoms with Gasteiger partial charge in [-0.15, -0.1) is 0 Å². The monoisotopic (exact) mass is 321 g/mol. The Morgan fingerprint density at radius 3 is 2.31 bits per heavy atom. The summed E-state index contributed by atoms with van der Waals surface area (Å²) in [7, 11) is 0. The number of hydrogen-bond donors (Lipinski definition) is 1. The lowest BCUT2D eigenvalue weighted by atomic mass is 10.2. The quantitative estimate of drug-likeness (QED) is 0.846. The molecule has 0 saturated heterocycles. The van der Waals surface area contributed by atoms with Gasteiger partial charge in [-0.1, -0.05) is 39.1 Å². The molecule has 2 rings (SSSR count). The van der Waals surface area contributed by atoms with Crippen molar-refractivity contribution in [3.63, 3.8) is 0 Å². The van der Waals surface area contributed by atoms with Crippen molar-refractivity contribution >= 4 is 45.0 Å². The van der Waals surface area contributed by atoms with E-state index < -0.39 is 0 Å². The van der Waals surface area contributed by atoms with Crippen molar-refractivity contribution in [2.75, 3.05) is 5.33 Å². The highest BCUT2D eigenvalue weighted by Gasteiger charge is 2.43. The molecule has 0 aromatic heterocycles. The summed E-state index contributed by atoms with van der Waals surface area (Å²) in [5.41, 5.74) is 0.441. The SMILES string of the molecule is O=C(NC1(CBr)CC1)c1cc(Cl)cc(Cl)c1. The van der Waals surface area contributed by atoms with Crippen LogP contribution >= 0.6 is 39.1 Å². The van der Waals surface area contributed by atoms with Crippen LogP contribution in [0.15, 0.2) is 18.2 Å². The molecular formula is C11H10BrCl2NO. The standard InChI is InChI=1S/C11H10BrCl2NO/c12-6-11(1-2-11)15-10(16)7-3-8(13)5-9(14)4-7/h3-5H,1-2,6H2,(H,15,16). The fourth-order valence-corrected chi connectivity index (χ4v) is 2.67. The van der Waals surface area contributed by atoms with Crippen molar-refractivity contribution < 1.29 is 4.79 Å². The van der Waals surface area contributed by atoms with Crippen molar-refractivity contribution in [3.8, 4) is 0 Å². The molecule has 5 heteroatoms. The van der Waals surface area contributed by atoms with Gasteiger partial charge in [0.2, 0.25) is 0 Å². The number of rotatable bonds is 3. The fraction of sp³-hybridized carbons (Fsp3) is 0.364. The van der Waals surface area contributed by atoms with Crippen LogP contribution in [0.4, 0.5) is 0 Å². The first kappa shape index (κ1) is 12.2. The molecule has 2 nitrogen and oxygen atoms in total. The van der Waals surface area contributed by atoms with Crippen LogP contribution in [0.3, 0.4) is 0 Å². The van der Waals surface area contributed by atoms with Gasteiger partial charge < -0.3 is 5.32 Å². The third-order valence-corrected chi connectivity index (χ3v) is 4.12. The predicted octanol–water partition coefficient (Wildman–Crippen LogP) is 3.65. The number of alkyl halides is 1. The van der Waals surface area contributed by atoms with E-state index in [-0.39, 0.29) is 11.4 Å². The lowest BCUT2D eigenvalue weighted by molar-refractivity contribution is 0.0936. The molecule has 0 unspecified atom stereocenters. The van der Waals surface area contributed by atoms with Gasteiger partial charge in [-0.25, -0.2) is 0 Å². The molecule has 0 spiro atoms. The van der Waals surface area contributed by atoms with E-state index in [1.807, 2.05) is 0 Å². The smallest absolute Gasteiger partial charge is 0.251 e. The molecule has 1 amide bonds. The molecule has 1 aromatic carbocycles. The van der Waals surface area contributed by atoms with Crippen molar-refractivity contribution in [1.82, 2.24) is 5.32 Å². The van der Waals surface area contributed by atoms with Crippen LogP contribution in [0.5, 0.6) is 0 Å². The average molecular weight is 323 g/mol. The molecule has 16 heavy (non-hydrogen) atoms. The van der Waals surface area contributed by atoms with Gasteiger partial charge in [0.25, 0.3) is 5.91 Å². The zero-order valence-corrected chi connectivity index (χ0v) is 11.5. The summed E-state index contributed by atoms with van der Waals surface area (Å²) in [5, 5.41) is 4.71. The minimum Gasteiger partial charge on any atom is -0.346 e. The van der Waals surface area contributed by atoms with Gasteiger partial charge in [-0.3, -0.25) is 4.79 Å². The summed E-state index contributed by atoms with van der Waals surface area (Å²) in [6.07, 6.45) is 2.02. The maximum absolute atomic E-state index is 11.9. The summed E-state index contributed by atoms with van der Waals surface area (Å²) in [4.78, 5) is 11.9. The molecule has 1 aromatic rings. The fourth-order valence-electron chi connectivity index (χ4n) is 1.44. The van der Waals surface area contributed by atoms with Gasteiger partial charge in [0.15, 0.2) is 0 Å². The molecule has 0 aliphatic heterocycles. The van der Waals surface area contributed by atoms with Crippen molar-refractivity contribution in [1.29, 1.82) is 0 Å². The number of carbonyl (C=O) groups is 1. The highest BCUT2D eigenvalue weighted by Crippen LogP contribution is 2.37. The molecule has 1 fully saturated rings. The Morgan fingerprint density at radius 2 is 1.88 bits per heavy atom. The van der Waals surface area contributed by atoms with Crippen molar-refractivity contribution in [2.45, 2.75) is 18.4 Å². The first-order valence-corrected chi connectivity index (χ1v) is 6.77. The van der Waals surface area contributed by atoms with E-state index >= 15 is 0 Å². The summed E-state index contributed by atoms with van der Waals surface area (Å²) >= 11 is 15.1. The van der Waals surface area contributed by atoms with Crippen molar-refractivity contribution in [3.05, 3.63) is 33.8 Å². The minimum atomic E-state index is -0.124. The van der Waals surface area contributed by atoms with Gasteiger partial charge in [0, 0.05) is 20.9 Å². The molecule has 0 atom stereocenters. The van der Waals surface area contributed by atoms with E-state index in [9.17, 15) is 4.79 Å². The summed E-state index contributed by atoms with van der Waals surface area (Å²) < 4.78 is 0. The Balaban J connectivity index is 2.14. The lowest BCUT2D eigenvalue weighted by Gasteiger charge is -2.14. The lowest BCUT2D eigenvalue weighted by Crippen LogP contribution is -2.38. The maximum Gasteiger partial charge on any atom is 0.251 e. The average Bonchev–Trinajstić information content (AvgIpc) is 2.97. The Kier molecular flexibility index (Phi) is 3.48. The Morgan fingerprint density at radius 1 is 1.31 bits per heavy atom. The maximum atomic E-state index is 11.9. The Labute approximate surface area is 112 Å². The summed E-state index contributed by atoms with van der Waals surface area (Å²) in [6, 6.07) is 4.84. The second-order valence-electron chi connectivity index (χ2n) is 4.03. The minimum absolute atomic E-state index is 0.0636. The topological polar surface area (TPSA) is 29.1 Å². The third-order valence-electron chi connectivity index (χ3n) is 2.61. The zero-order chi connectivity index (χ0) is 11.8. The molecule has 1 N–H and O–H groups in total. The largest absolute Gasteiger partial charge is 0.346 e. The number of hydrogen-bond acceptors (Lipinski definition) is 1. The van der Waals surface area contributed by atoms with E-state index in [1.165, 1.54) is 0 Å². The number of benzene rings is 1. The van der Waals surface area contributed by atoms with Crippen LogP contribution in [-0.2, 0) is 0 Å². The van der Waals surface area contributed by atoms with Crippen LogP contribution in [0.25, 0.3) is 0 Å². The van der Waals surface area contributed by atoms with Crippen LogP contribution < -0.4 is 5.32 Å². The molecule has 0 bridgehead atoms. The van der Waals surface area contributed by atoms with Gasteiger partial charge in [0.1, 0.15) is 0 Å². The number of nitrogens with one attached hydrogen (secondary N) is 1. The second kappa shape index (κ2) is 4.55. The van der Waals surface area contributed by atoms with E-state index in [0.29, 0.717) is 15.6 Å². The van der Waals surface area contributed by atoms with Crippen LogP contribution in [0.1, 0.15) is 23.2 Å². The molecule has 86 valence electrons. The highest BCUT2D eigenvalue weighted by molar-refractivity contribution is 9.09. The number of amides is 1. The highest BCUT2D eigenvalue weighted by atomic mass is 79.9. The van der Waals surface area contributed by atoms with Gasteiger partial charge in [0.05, 0.1) is 5.54 Å². The molecule has 0 heterocycles. The van der Waals surface area contributed by atoms with Crippen LogP contribution in [0, 0.1) is 0 Å². The van der Waals surface area contributed by atoms with Gasteiger partial charge in [-0.05, 0) is 31.0 Å². The van der Waals surface area contributed by atoms with E-state index in [4.69, 9.17) is 23.2 Å². The number of halogens is 3. The first-order chi connectivity index (χ1) is 7.54. The Hall–Kier alpha value is -0.250. The van der Waals surface area contributed by atoms with Crippen LogP contribution in [0.2, 0.25) is 10.0 Å². The number of carbonyl (C=O) groups excluding carboxylic acids is 1. The normalized spacial score (nSPS) is 16.9. The van der Waals surface area contributed by atoms with Crippen molar-refractivity contribution in [2.24, 2.45) is 0 Å². The first-order valence-electron chi connectivity index (χ1n) is 4.89. The van der Waals surface area contributed by atoms with Gasteiger partial charge >= 0.3 is 0 Å².